The third kappa shape index (κ3) is 6.58. The van der Waals surface area contributed by atoms with Gasteiger partial charge in [-0.05, 0) is 64.6 Å². The highest BCUT2D eigenvalue weighted by atomic mass is 35.5. The number of ether oxygens (including phenoxy) is 2. The van der Waals surface area contributed by atoms with Crippen LogP contribution in [0.1, 0.15) is 42.0 Å². The summed E-state index contributed by atoms with van der Waals surface area (Å²) in [5, 5.41) is 10.1. The maximum Gasteiger partial charge on any atom is 0.336 e. The highest BCUT2D eigenvalue weighted by molar-refractivity contribution is 6.30. The van der Waals surface area contributed by atoms with Crippen LogP contribution in [0.3, 0.4) is 0 Å². The summed E-state index contributed by atoms with van der Waals surface area (Å²) < 4.78 is 10.8. The van der Waals surface area contributed by atoms with Gasteiger partial charge in [-0.3, -0.25) is 0 Å². The highest BCUT2D eigenvalue weighted by Gasteiger charge is 2.10. The monoisotopic (exact) mass is 457 g/mol. The standard InChI is InChI=1S/C28H24ClNO3/c1-19(2)22-11-7-20(8-12-22)10-14-28(31)33-26-13-9-21(16-27(26)32-3)15-24(18-30)23-5-4-6-25(29)17-23/h4-17,19H,1-3H3/b14-10+,24-15-. The molecular weight excluding hydrogens is 434 g/mol. The zero-order valence-electron chi connectivity index (χ0n) is 18.7. The topological polar surface area (TPSA) is 59.3 Å². The zero-order chi connectivity index (χ0) is 23.8. The second-order valence-electron chi connectivity index (χ2n) is 7.67. The van der Waals surface area contributed by atoms with Crippen LogP contribution in [0, 0.1) is 11.3 Å². The van der Waals surface area contributed by atoms with E-state index in [-0.39, 0.29) is 0 Å². The number of nitriles is 1. The molecule has 4 nitrogen and oxygen atoms in total. The maximum absolute atomic E-state index is 12.3. The van der Waals surface area contributed by atoms with Gasteiger partial charge in [0.2, 0.25) is 0 Å². The lowest BCUT2D eigenvalue weighted by Crippen LogP contribution is -2.05. The van der Waals surface area contributed by atoms with Gasteiger partial charge in [-0.25, -0.2) is 4.79 Å². The number of carbonyl (C=O) groups excluding carboxylic acids is 1. The van der Waals surface area contributed by atoms with Crippen LogP contribution in [0.15, 0.2) is 72.8 Å². The molecule has 0 unspecified atom stereocenters. The molecule has 0 saturated carbocycles. The van der Waals surface area contributed by atoms with Crippen molar-refractivity contribution in [2.75, 3.05) is 7.11 Å². The third-order valence-corrected chi connectivity index (χ3v) is 5.22. The van der Waals surface area contributed by atoms with E-state index in [4.69, 9.17) is 21.1 Å². The SMILES string of the molecule is COc1cc(/C=C(/C#N)c2cccc(Cl)c2)ccc1OC(=O)/C=C/c1ccc(C(C)C)cc1. The van der Waals surface area contributed by atoms with Gasteiger partial charge in [0.15, 0.2) is 11.5 Å². The normalized spacial score (nSPS) is 11.5. The molecule has 0 aliphatic rings. The van der Waals surface area contributed by atoms with Gasteiger partial charge in [0.25, 0.3) is 0 Å². The molecule has 5 heteroatoms. The second kappa shape index (κ2) is 11.2. The molecular formula is C28H24ClNO3. The number of benzene rings is 3. The number of hydrogen-bond donors (Lipinski definition) is 0. The fraction of sp³-hybridized carbons (Fsp3) is 0.143. The first-order chi connectivity index (χ1) is 15.9. The van der Waals surface area contributed by atoms with Gasteiger partial charge in [0.05, 0.1) is 18.8 Å². The molecule has 0 heterocycles. The molecule has 0 amide bonds. The van der Waals surface area contributed by atoms with E-state index in [1.807, 2.05) is 30.3 Å². The fourth-order valence-electron chi connectivity index (χ4n) is 3.16. The minimum atomic E-state index is -0.513. The lowest BCUT2D eigenvalue weighted by molar-refractivity contribution is -0.129. The summed E-state index contributed by atoms with van der Waals surface area (Å²) in [4.78, 5) is 12.3. The van der Waals surface area contributed by atoms with Gasteiger partial charge in [0, 0.05) is 11.1 Å². The summed E-state index contributed by atoms with van der Waals surface area (Å²) in [6, 6.07) is 22.4. The van der Waals surface area contributed by atoms with E-state index in [2.05, 4.69) is 19.9 Å². The molecule has 3 aromatic carbocycles. The molecule has 3 rings (SSSR count). The molecule has 3 aromatic rings. The molecule has 0 fully saturated rings. The average molecular weight is 458 g/mol. The van der Waals surface area contributed by atoms with Gasteiger partial charge in [-0.2, -0.15) is 5.26 Å². The average Bonchev–Trinajstić information content (AvgIpc) is 2.82. The van der Waals surface area contributed by atoms with Crippen LogP contribution in [0.4, 0.5) is 0 Å². The van der Waals surface area contributed by atoms with Crippen LogP contribution in [-0.2, 0) is 4.79 Å². The van der Waals surface area contributed by atoms with Crippen molar-refractivity contribution >= 4 is 35.3 Å². The minimum absolute atomic E-state index is 0.292. The molecule has 33 heavy (non-hydrogen) atoms. The Kier molecular flexibility index (Phi) is 8.07. The van der Waals surface area contributed by atoms with Crippen molar-refractivity contribution in [3.05, 3.63) is 100 Å². The number of carbonyl (C=O) groups is 1. The smallest absolute Gasteiger partial charge is 0.336 e. The van der Waals surface area contributed by atoms with Crippen LogP contribution in [0.2, 0.25) is 5.02 Å². The molecule has 0 atom stereocenters. The zero-order valence-corrected chi connectivity index (χ0v) is 19.5. The van der Waals surface area contributed by atoms with Crippen molar-refractivity contribution in [3.63, 3.8) is 0 Å². The van der Waals surface area contributed by atoms with Crippen molar-refractivity contribution in [1.82, 2.24) is 0 Å². The molecule has 0 aliphatic carbocycles. The van der Waals surface area contributed by atoms with Crippen LogP contribution < -0.4 is 9.47 Å². The van der Waals surface area contributed by atoms with Gasteiger partial charge in [-0.1, -0.05) is 67.9 Å². The molecule has 0 aromatic heterocycles. The first-order valence-electron chi connectivity index (χ1n) is 10.4. The lowest BCUT2D eigenvalue weighted by atomic mass is 10.0. The molecule has 0 N–H and O–H groups in total. The Labute approximate surface area is 199 Å². The van der Waals surface area contributed by atoms with E-state index >= 15 is 0 Å². The van der Waals surface area contributed by atoms with Gasteiger partial charge in [-0.15, -0.1) is 0 Å². The highest BCUT2D eigenvalue weighted by Crippen LogP contribution is 2.30. The molecule has 0 bridgehead atoms. The van der Waals surface area contributed by atoms with E-state index in [1.54, 1.807) is 48.6 Å². The Bertz CT molecular complexity index is 1230. The van der Waals surface area contributed by atoms with E-state index in [1.165, 1.54) is 18.7 Å². The summed E-state index contributed by atoms with van der Waals surface area (Å²) in [6.07, 6.45) is 4.81. The molecule has 166 valence electrons. The first-order valence-corrected chi connectivity index (χ1v) is 10.8. The number of methoxy groups -OCH3 is 1. The van der Waals surface area contributed by atoms with Crippen LogP contribution in [-0.4, -0.2) is 13.1 Å². The minimum Gasteiger partial charge on any atom is -0.493 e. The van der Waals surface area contributed by atoms with Crippen molar-refractivity contribution in [2.24, 2.45) is 0 Å². The first kappa shape index (κ1) is 23.8. The van der Waals surface area contributed by atoms with Crippen molar-refractivity contribution in [1.29, 1.82) is 5.26 Å². The number of rotatable bonds is 7. The second-order valence-corrected chi connectivity index (χ2v) is 8.10. The Morgan fingerprint density at radius 2 is 1.73 bits per heavy atom. The van der Waals surface area contributed by atoms with Gasteiger partial charge in [0.1, 0.15) is 0 Å². The number of hydrogen-bond acceptors (Lipinski definition) is 4. The summed E-state index contributed by atoms with van der Waals surface area (Å²) in [7, 11) is 1.49. The van der Waals surface area contributed by atoms with Crippen LogP contribution in [0.5, 0.6) is 11.5 Å². The summed E-state index contributed by atoms with van der Waals surface area (Å²) in [6.45, 7) is 4.27. The largest absolute Gasteiger partial charge is 0.493 e. The van der Waals surface area contributed by atoms with Crippen molar-refractivity contribution in [3.8, 4) is 17.6 Å². The Morgan fingerprint density at radius 1 is 1.00 bits per heavy atom. The van der Waals surface area contributed by atoms with Crippen molar-refractivity contribution < 1.29 is 14.3 Å². The third-order valence-electron chi connectivity index (χ3n) is 4.98. The Balaban J connectivity index is 1.75. The van der Waals surface area contributed by atoms with E-state index < -0.39 is 5.97 Å². The molecule has 0 saturated heterocycles. The number of esters is 1. The summed E-state index contributed by atoms with van der Waals surface area (Å²) in [5.74, 6) is 0.616. The molecule has 0 aliphatic heterocycles. The predicted octanol–water partition coefficient (Wildman–Crippen LogP) is 7.15. The number of allylic oxidation sites excluding steroid dienone is 1. The van der Waals surface area contributed by atoms with Gasteiger partial charge >= 0.3 is 5.97 Å². The Hall–Kier alpha value is -3.81. The predicted molar refractivity (Wildman–Crippen MR) is 133 cm³/mol. The molecule has 0 spiro atoms. The maximum atomic E-state index is 12.3. The van der Waals surface area contributed by atoms with Crippen molar-refractivity contribution in [2.45, 2.75) is 19.8 Å². The summed E-state index contributed by atoms with van der Waals surface area (Å²) in [5.41, 5.74) is 4.04. The van der Waals surface area contributed by atoms with E-state index in [0.29, 0.717) is 33.6 Å². The molecule has 0 radical (unpaired) electrons. The lowest BCUT2D eigenvalue weighted by Gasteiger charge is -2.09. The number of nitrogens with zero attached hydrogens (tertiary/aromatic N) is 1. The van der Waals surface area contributed by atoms with Crippen LogP contribution in [0.25, 0.3) is 17.7 Å². The summed E-state index contributed by atoms with van der Waals surface area (Å²) >= 11 is 6.04. The quantitative estimate of drug-likeness (QED) is 0.124. The number of halogens is 1. The fourth-order valence-corrected chi connectivity index (χ4v) is 3.35. The van der Waals surface area contributed by atoms with E-state index in [9.17, 15) is 10.1 Å². The Morgan fingerprint density at radius 3 is 2.36 bits per heavy atom. The van der Waals surface area contributed by atoms with Crippen LogP contribution >= 0.6 is 11.6 Å². The van der Waals surface area contributed by atoms with E-state index in [0.717, 1.165) is 11.1 Å². The van der Waals surface area contributed by atoms with Gasteiger partial charge < -0.3 is 9.47 Å².